The van der Waals surface area contributed by atoms with Gasteiger partial charge in [-0.2, -0.15) is 5.10 Å². The maximum Gasteiger partial charge on any atom is 0.262 e. The predicted octanol–water partition coefficient (Wildman–Crippen LogP) is 4.21. The molecule has 0 saturated heterocycles. The molecule has 31 heavy (non-hydrogen) atoms. The molecule has 2 aromatic carbocycles. The number of ether oxygens (including phenoxy) is 1. The van der Waals surface area contributed by atoms with E-state index in [-0.39, 0.29) is 24.4 Å². The number of amides is 2. The molecule has 1 aliphatic rings. The van der Waals surface area contributed by atoms with Crippen LogP contribution in [0.15, 0.2) is 53.6 Å². The monoisotopic (exact) mass is 441 g/mol. The first-order chi connectivity index (χ1) is 14.9. The third-order valence-corrected chi connectivity index (χ3v) is 5.69. The van der Waals surface area contributed by atoms with Crippen LogP contribution >= 0.6 is 11.6 Å². The van der Waals surface area contributed by atoms with Crippen LogP contribution in [0.2, 0.25) is 5.02 Å². The summed E-state index contributed by atoms with van der Waals surface area (Å²) >= 11 is 6.40. The Kier molecular flexibility index (Phi) is 7.82. The molecule has 0 saturated carbocycles. The summed E-state index contributed by atoms with van der Waals surface area (Å²) in [5.74, 6) is -0.322. The number of halogens is 1. The van der Waals surface area contributed by atoms with Gasteiger partial charge < -0.3 is 9.64 Å². The maximum atomic E-state index is 13.3. The lowest BCUT2D eigenvalue weighted by atomic mass is 9.97. The zero-order valence-corrected chi connectivity index (χ0v) is 18.9. The number of hydrogen-bond donors (Lipinski definition) is 0. The molecule has 1 atom stereocenters. The summed E-state index contributed by atoms with van der Waals surface area (Å²) in [5.41, 5.74) is 3.72. The minimum absolute atomic E-state index is 0.0440. The number of carbonyl (C=O) groups excluding carboxylic acids is 2. The second-order valence-corrected chi connectivity index (χ2v) is 7.96. The quantitative estimate of drug-likeness (QED) is 0.616. The fraction of sp³-hybridized carbons (Fsp3) is 0.375. The van der Waals surface area contributed by atoms with E-state index in [1.54, 1.807) is 14.0 Å². The highest BCUT2D eigenvalue weighted by molar-refractivity contribution is 6.34. The molecular weight excluding hydrogens is 414 g/mol. The first-order valence-corrected chi connectivity index (χ1v) is 10.8. The van der Waals surface area contributed by atoms with Crippen molar-refractivity contribution in [3.8, 4) is 0 Å². The van der Waals surface area contributed by atoms with Crippen LogP contribution in [0, 0.1) is 6.92 Å². The van der Waals surface area contributed by atoms with Gasteiger partial charge >= 0.3 is 0 Å². The zero-order chi connectivity index (χ0) is 22.4. The number of benzene rings is 2. The smallest absolute Gasteiger partial charge is 0.262 e. The highest BCUT2D eigenvalue weighted by Gasteiger charge is 2.34. The standard InChI is InChI=1S/C24H28ClN3O3/c1-4-23(29)27(13-14-31-3)16-24(30)28-22(18-11-9-17(2)10-12-18)15-21(26-28)19-7-5-6-8-20(19)25/h5-12,22H,4,13-16H2,1-3H3/t22-/m1/s1. The number of hydrazone groups is 1. The van der Waals surface area contributed by atoms with E-state index >= 15 is 0 Å². The normalized spacial score (nSPS) is 15.7. The predicted molar refractivity (Wildman–Crippen MR) is 122 cm³/mol. The average molecular weight is 442 g/mol. The van der Waals surface area contributed by atoms with Gasteiger partial charge in [0.2, 0.25) is 5.91 Å². The molecule has 164 valence electrons. The Labute approximate surface area is 188 Å². The van der Waals surface area contributed by atoms with Crippen molar-refractivity contribution in [2.24, 2.45) is 5.10 Å². The number of carbonyl (C=O) groups is 2. The first-order valence-electron chi connectivity index (χ1n) is 10.4. The second kappa shape index (κ2) is 10.6. The molecule has 0 bridgehead atoms. The van der Waals surface area contributed by atoms with Crippen LogP contribution in [0.1, 0.15) is 42.5 Å². The third kappa shape index (κ3) is 5.51. The minimum Gasteiger partial charge on any atom is -0.383 e. The Morgan fingerprint density at radius 1 is 1.19 bits per heavy atom. The molecule has 3 rings (SSSR count). The number of hydrogen-bond acceptors (Lipinski definition) is 4. The molecule has 2 aromatic rings. The van der Waals surface area contributed by atoms with Gasteiger partial charge in [-0.25, -0.2) is 5.01 Å². The molecular formula is C24H28ClN3O3. The van der Waals surface area contributed by atoms with Crippen LogP contribution in [0.3, 0.4) is 0 Å². The van der Waals surface area contributed by atoms with E-state index in [2.05, 4.69) is 5.10 Å². The molecule has 7 heteroatoms. The SMILES string of the molecule is CCC(=O)N(CCOC)CC(=O)N1N=C(c2ccccc2Cl)C[C@@H]1c1ccc(C)cc1. The zero-order valence-electron chi connectivity index (χ0n) is 18.2. The number of nitrogens with zero attached hydrogens (tertiary/aromatic N) is 3. The second-order valence-electron chi connectivity index (χ2n) is 7.56. The molecule has 1 heterocycles. The van der Waals surface area contributed by atoms with Crippen molar-refractivity contribution < 1.29 is 14.3 Å². The molecule has 6 nitrogen and oxygen atoms in total. The Morgan fingerprint density at radius 2 is 1.90 bits per heavy atom. The summed E-state index contributed by atoms with van der Waals surface area (Å²) < 4.78 is 5.10. The molecule has 0 aromatic heterocycles. The molecule has 0 aliphatic carbocycles. The summed E-state index contributed by atoms with van der Waals surface area (Å²) in [6.45, 7) is 4.49. The van der Waals surface area contributed by atoms with Gasteiger partial charge in [0.1, 0.15) is 6.54 Å². The van der Waals surface area contributed by atoms with Crippen molar-refractivity contribution in [2.75, 3.05) is 26.8 Å². The summed E-state index contributed by atoms with van der Waals surface area (Å²) in [4.78, 5) is 27.2. The minimum atomic E-state index is -0.250. The summed E-state index contributed by atoms with van der Waals surface area (Å²) in [5, 5.41) is 6.77. The summed E-state index contributed by atoms with van der Waals surface area (Å²) in [6.07, 6.45) is 0.880. The van der Waals surface area contributed by atoms with Gasteiger partial charge in [-0.15, -0.1) is 0 Å². The van der Waals surface area contributed by atoms with E-state index in [1.165, 1.54) is 9.91 Å². The van der Waals surface area contributed by atoms with E-state index in [9.17, 15) is 9.59 Å². The number of methoxy groups -OCH3 is 1. The molecule has 0 unspecified atom stereocenters. The lowest BCUT2D eigenvalue weighted by Gasteiger charge is -2.26. The fourth-order valence-electron chi connectivity index (χ4n) is 3.60. The van der Waals surface area contributed by atoms with Gasteiger partial charge in [-0.05, 0) is 18.6 Å². The van der Waals surface area contributed by atoms with Crippen molar-refractivity contribution in [2.45, 2.75) is 32.7 Å². The number of aryl methyl sites for hydroxylation is 1. The van der Waals surface area contributed by atoms with Crippen molar-refractivity contribution in [1.82, 2.24) is 9.91 Å². The van der Waals surface area contributed by atoms with Gasteiger partial charge in [-0.3, -0.25) is 9.59 Å². The van der Waals surface area contributed by atoms with Crippen molar-refractivity contribution in [1.29, 1.82) is 0 Å². The van der Waals surface area contributed by atoms with Crippen LogP contribution in [0.4, 0.5) is 0 Å². The maximum absolute atomic E-state index is 13.3. The fourth-order valence-corrected chi connectivity index (χ4v) is 3.84. The van der Waals surface area contributed by atoms with E-state index in [0.717, 1.165) is 22.4 Å². The van der Waals surface area contributed by atoms with Gasteiger partial charge in [-0.1, -0.05) is 66.6 Å². The molecule has 0 fully saturated rings. The lowest BCUT2D eigenvalue weighted by molar-refractivity contribution is -0.141. The molecule has 0 N–H and O–H groups in total. The van der Waals surface area contributed by atoms with Gasteiger partial charge in [0.25, 0.3) is 5.91 Å². The Hall–Kier alpha value is -2.70. The largest absolute Gasteiger partial charge is 0.383 e. The topological polar surface area (TPSA) is 62.2 Å². The van der Waals surface area contributed by atoms with Crippen molar-refractivity contribution >= 4 is 29.1 Å². The number of rotatable bonds is 8. The van der Waals surface area contributed by atoms with Crippen LogP contribution in [-0.4, -0.2) is 54.2 Å². The van der Waals surface area contributed by atoms with Gasteiger partial charge in [0.15, 0.2) is 0 Å². The van der Waals surface area contributed by atoms with Gasteiger partial charge in [0.05, 0.1) is 18.4 Å². The van der Waals surface area contributed by atoms with Crippen LogP contribution in [-0.2, 0) is 14.3 Å². The summed E-state index contributed by atoms with van der Waals surface area (Å²) in [7, 11) is 1.57. The lowest BCUT2D eigenvalue weighted by Crippen LogP contribution is -2.42. The highest BCUT2D eigenvalue weighted by Crippen LogP contribution is 2.34. The van der Waals surface area contributed by atoms with E-state index in [4.69, 9.17) is 16.3 Å². The van der Waals surface area contributed by atoms with Gasteiger partial charge in [0, 0.05) is 37.1 Å². The Bertz CT molecular complexity index is 959. The summed E-state index contributed by atoms with van der Waals surface area (Å²) in [6, 6.07) is 15.3. The van der Waals surface area contributed by atoms with E-state index < -0.39 is 0 Å². The van der Waals surface area contributed by atoms with E-state index in [1.807, 2.05) is 55.5 Å². The van der Waals surface area contributed by atoms with Crippen LogP contribution in [0.5, 0.6) is 0 Å². The van der Waals surface area contributed by atoms with Crippen LogP contribution < -0.4 is 0 Å². The van der Waals surface area contributed by atoms with Crippen LogP contribution in [0.25, 0.3) is 0 Å². The highest BCUT2D eigenvalue weighted by atomic mass is 35.5. The average Bonchev–Trinajstić information content (AvgIpc) is 3.22. The molecule has 0 radical (unpaired) electrons. The first kappa shape index (κ1) is 23.0. The molecule has 1 aliphatic heterocycles. The van der Waals surface area contributed by atoms with E-state index in [0.29, 0.717) is 31.0 Å². The molecule has 2 amide bonds. The van der Waals surface area contributed by atoms with Crippen molar-refractivity contribution in [3.05, 3.63) is 70.2 Å². The molecule has 0 spiro atoms. The Morgan fingerprint density at radius 3 is 2.55 bits per heavy atom. The Balaban J connectivity index is 1.91. The third-order valence-electron chi connectivity index (χ3n) is 5.36. The van der Waals surface area contributed by atoms with Crippen molar-refractivity contribution in [3.63, 3.8) is 0 Å².